The van der Waals surface area contributed by atoms with Crippen molar-refractivity contribution in [2.75, 3.05) is 20.3 Å². The van der Waals surface area contributed by atoms with Crippen molar-refractivity contribution in [2.45, 2.75) is 31.7 Å². The van der Waals surface area contributed by atoms with Crippen molar-refractivity contribution in [3.8, 4) is 0 Å². The zero-order valence-electron chi connectivity index (χ0n) is 13.0. The molecule has 0 spiro atoms. The third-order valence-corrected chi connectivity index (χ3v) is 4.57. The summed E-state index contributed by atoms with van der Waals surface area (Å²) in [7, 11) is 1.59. The molecule has 0 aliphatic carbocycles. The van der Waals surface area contributed by atoms with Gasteiger partial charge in [0.25, 0.3) is 0 Å². The van der Waals surface area contributed by atoms with Crippen molar-refractivity contribution in [1.82, 2.24) is 10.3 Å². The summed E-state index contributed by atoms with van der Waals surface area (Å²) in [5.74, 6) is -0.0488. The van der Waals surface area contributed by atoms with Crippen LogP contribution in [0.5, 0.6) is 0 Å². The number of hydrogen-bond donors (Lipinski definition) is 2. The molecule has 120 valence electrons. The largest absolute Gasteiger partial charge is 0.396 e. The number of methoxy groups -OCH3 is 1. The Labute approximate surface area is 134 Å². The zero-order chi connectivity index (χ0) is 16.0. The third-order valence-electron chi connectivity index (χ3n) is 3.47. The molecule has 1 amide bonds. The van der Waals surface area contributed by atoms with Gasteiger partial charge >= 0.3 is 0 Å². The van der Waals surface area contributed by atoms with Gasteiger partial charge in [-0.2, -0.15) is 0 Å². The predicted molar refractivity (Wildman–Crippen MR) is 88.1 cm³/mol. The van der Waals surface area contributed by atoms with E-state index in [1.54, 1.807) is 18.4 Å². The second kappa shape index (κ2) is 7.67. The number of aromatic nitrogens is 1. The quantitative estimate of drug-likeness (QED) is 0.781. The van der Waals surface area contributed by atoms with E-state index >= 15 is 0 Å². The first-order valence-electron chi connectivity index (χ1n) is 7.31. The highest BCUT2D eigenvalue weighted by molar-refractivity contribution is 7.18. The van der Waals surface area contributed by atoms with E-state index in [9.17, 15) is 4.79 Å². The molecule has 2 rings (SSSR count). The van der Waals surface area contributed by atoms with E-state index in [-0.39, 0.29) is 12.5 Å². The molecule has 0 radical (unpaired) electrons. The highest BCUT2D eigenvalue weighted by Crippen LogP contribution is 2.22. The molecule has 1 atom stereocenters. The highest BCUT2D eigenvalue weighted by atomic mass is 32.1. The van der Waals surface area contributed by atoms with Crippen LogP contribution in [0.3, 0.4) is 0 Å². The smallest absolute Gasteiger partial charge is 0.220 e. The molecule has 0 fully saturated rings. The lowest BCUT2D eigenvalue weighted by molar-refractivity contribution is -0.123. The summed E-state index contributed by atoms with van der Waals surface area (Å²) >= 11 is 1.62. The molecule has 1 unspecified atom stereocenters. The van der Waals surface area contributed by atoms with Crippen LogP contribution in [0.2, 0.25) is 0 Å². The van der Waals surface area contributed by atoms with Gasteiger partial charge in [0.2, 0.25) is 5.91 Å². The SMILES string of the molecule is COCC(C)(CCO)NC(=O)CCc1nc2ccccc2s1. The van der Waals surface area contributed by atoms with Crippen LogP contribution >= 0.6 is 11.3 Å². The first kappa shape index (κ1) is 16.9. The number of nitrogens with zero attached hydrogens (tertiary/aromatic N) is 1. The average Bonchev–Trinajstić information content (AvgIpc) is 2.88. The number of hydrogen-bond acceptors (Lipinski definition) is 5. The van der Waals surface area contributed by atoms with E-state index in [0.29, 0.717) is 25.9 Å². The minimum Gasteiger partial charge on any atom is -0.396 e. The van der Waals surface area contributed by atoms with Gasteiger partial charge in [-0.15, -0.1) is 11.3 Å². The number of carbonyl (C=O) groups excluding carboxylic acids is 1. The molecule has 2 aromatic rings. The number of ether oxygens (including phenoxy) is 1. The van der Waals surface area contributed by atoms with E-state index in [0.717, 1.165) is 15.2 Å². The molecule has 0 saturated carbocycles. The van der Waals surface area contributed by atoms with Crippen LogP contribution in [0.4, 0.5) is 0 Å². The van der Waals surface area contributed by atoms with Crippen molar-refractivity contribution in [2.24, 2.45) is 0 Å². The van der Waals surface area contributed by atoms with Gasteiger partial charge < -0.3 is 15.2 Å². The number of para-hydroxylation sites is 1. The van der Waals surface area contributed by atoms with Gasteiger partial charge in [0.05, 0.1) is 27.4 Å². The average molecular weight is 322 g/mol. The molecular weight excluding hydrogens is 300 g/mol. The molecular formula is C16H22N2O3S. The molecule has 22 heavy (non-hydrogen) atoms. The van der Waals surface area contributed by atoms with E-state index < -0.39 is 5.54 Å². The van der Waals surface area contributed by atoms with Crippen molar-refractivity contribution < 1.29 is 14.6 Å². The van der Waals surface area contributed by atoms with Crippen LogP contribution in [0.25, 0.3) is 10.2 Å². The third kappa shape index (κ3) is 4.50. The summed E-state index contributed by atoms with van der Waals surface area (Å²) in [6.45, 7) is 2.26. The Kier molecular flexibility index (Phi) is 5.88. The van der Waals surface area contributed by atoms with Crippen LogP contribution in [-0.2, 0) is 16.0 Å². The van der Waals surface area contributed by atoms with Gasteiger partial charge in [-0.25, -0.2) is 4.98 Å². The number of amides is 1. The van der Waals surface area contributed by atoms with Crippen LogP contribution in [-0.4, -0.2) is 41.9 Å². The predicted octanol–water partition coefficient (Wildman–Crippen LogP) is 2.13. The Hall–Kier alpha value is -1.50. The van der Waals surface area contributed by atoms with Crippen molar-refractivity contribution >= 4 is 27.5 Å². The summed E-state index contributed by atoms with van der Waals surface area (Å²) in [5, 5.41) is 13.0. The minimum atomic E-state index is -0.534. The van der Waals surface area contributed by atoms with E-state index in [4.69, 9.17) is 9.84 Å². The summed E-state index contributed by atoms with van der Waals surface area (Å²) in [5.41, 5.74) is 0.446. The molecule has 6 heteroatoms. The minimum absolute atomic E-state index is 0.0119. The maximum atomic E-state index is 12.1. The molecule has 5 nitrogen and oxygen atoms in total. The number of thiazole rings is 1. The molecule has 0 saturated heterocycles. The number of benzene rings is 1. The normalized spacial score (nSPS) is 14.0. The lowest BCUT2D eigenvalue weighted by Gasteiger charge is -2.29. The summed E-state index contributed by atoms with van der Waals surface area (Å²) in [6, 6.07) is 7.96. The molecule has 0 bridgehead atoms. The van der Waals surface area contributed by atoms with E-state index in [2.05, 4.69) is 10.3 Å². The van der Waals surface area contributed by atoms with Crippen molar-refractivity contribution in [3.63, 3.8) is 0 Å². The second-order valence-corrected chi connectivity index (χ2v) is 6.71. The fraction of sp³-hybridized carbons (Fsp3) is 0.500. The lowest BCUT2D eigenvalue weighted by atomic mass is 9.99. The molecule has 0 aliphatic heterocycles. The summed E-state index contributed by atoms with van der Waals surface area (Å²) < 4.78 is 6.27. The van der Waals surface area contributed by atoms with Gasteiger partial charge in [-0.1, -0.05) is 12.1 Å². The Balaban J connectivity index is 1.91. The first-order chi connectivity index (χ1) is 10.6. The van der Waals surface area contributed by atoms with Gasteiger partial charge in [-0.05, 0) is 25.5 Å². The maximum absolute atomic E-state index is 12.1. The molecule has 2 N–H and O–H groups in total. The molecule has 1 heterocycles. The van der Waals surface area contributed by atoms with Gasteiger partial charge in [0.15, 0.2) is 0 Å². The van der Waals surface area contributed by atoms with Crippen molar-refractivity contribution in [3.05, 3.63) is 29.3 Å². The summed E-state index contributed by atoms with van der Waals surface area (Å²) in [6.07, 6.45) is 1.46. The Morgan fingerprint density at radius 3 is 2.91 bits per heavy atom. The monoisotopic (exact) mass is 322 g/mol. The number of fused-ring (bicyclic) bond motifs is 1. The fourth-order valence-electron chi connectivity index (χ4n) is 2.38. The second-order valence-electron chi connectivity index (χ2n) is 5.59. The summed E-state index contributed by atoms with van der Waals surface area (Å²) in [4.78, 5) is 16.7. The highest BCUT2D eigenvalue weighted by Gasteiger charge is 2.25. The van der Waals surface area contributed by atoms with Gasteiger partial charge in [0, 0.05) is 26.6 Å². The van der Waals surface area contributed by atoms with E-state index in [1.807, 2.05) is 31.2 Å². The number of nitrogens with one attached hydrogen (secondary N) is 1. The van der Waals surface area contributed by atoms with E-state index in [1.165, 1.54) is 0 Å². The van der Waals surface area contributed by atoms with Gasteiger partial charge in [0.1, 0.15) is 0 Å². The molecule has 1 aromatic heterocycles. The molecule has 0 aliphatic rings. The number of aliphatic hydroxyl groups is 1. The first-order valence-corrected chi connectivity index (χ1v) is 8.13. The van der Waals surface area contributed by atoms with Gasteiger partial charge in [-0.3, -0.25) is 4.79 Å². The zero-order valence-corrected chi connectivity index (χ0v) is 13.8. The van der Waals surface area contributed by atoms with Crippen LogP contribution < -0.4 is 5.32 Å². The standard InChI is InChI=1S/C16H22N2O3S/c1-16(9-10-19,11-21-2)18-14(20)7-8-15-17-12-5-3-4-6-13(12)22-15/h3-6,19H,7-11H2,1-2H3,(H,18,20). The topological polar surface area (TPSA) is 71.5 Å². The lowest BCUT2D eigenvalue weighted by Crippen LogP contribution is -2.50. The fourth-order valence-corrected chi connectivity index (χ4v) is 3.35. The Morgan fingerprint density at radius 2 is 2.23 bits per heavy atom. The number of carbonyl (C=O) groups is 1. The maximum Gasteiger partial charge on any atom is 0.220 e. The Morgan fingerprint density at radius 1 is 1.45 bits per heavy atom. The number of rotatable bonds is 8. The number of aliphatic hydroxyl groups excluding tert-OH is 1. The number of aryl methyl sites for hydroxylation is 1. The van der Waals surface area contributed by atoms with Crippen molar-refractivity contribution in [1.29, 1.82) is 0 Å². The molecule has 1 aromatic carbocycles. The van der Waals surface area contributed by atoms with Crippen LogP contribution in [0, 0.1) is 0 Å². The van der Waals surface area contributed by atoms with Crippen LogP contribution in [0.15, 0.2) is 24.3 Å². The van der Waals surface area contributed by atoms with Crippen LogP contribution in [0.1, 0.15) is 24.8 Å². The Bertz CT molecular complexity index is 588.